The Morgan fingerprint density at radius 1 is 1.53 bits per heavy atom. The van der Waals surface area contributed by atoms with Crippen LogP contribution in [0, 0.1) is 5.92 Å². The van der Waals surface area contributed by atoms with Crippen molar-refractivity contribution in [2.75, 3.05) is 18.5 Å². The number of oxime groups is 1. The summed E-state index contributed by atoms with van der Waals surface area (Å²) in [6.07, 6.45) is 1.16. The number of amidine groups is 1. The minimum atomic E-state index is 0.142. The van der Waals surface area contributed by atoms with Crippen molar-refractivity contribution in [2.24, 2.45) is 16.8 Å². The topological polar surface area (TPSA) is 61.8 Å². The van der Waals surface area contributed by atoms with Crippen molar-refractivity contribution in [1.82, 2.24) is 0 Å². The molecule has 0 amide bonds. The Balaban J connectivity index is 2.84. The number of nitrogens with two attached hydrogens (primary N) is 1. The first-order valence-electron chi connectivity index (χ1n) is 5.87. The Bertz CT molecular complexity index is 390. The Labute approximate surface area is 103 Å². The molecule has 1 aromatic rings. The smallest absolute Gasteiger partial charge is 0.170 e. The van der Waals surface area contributed by atoms with E-state index in [1.54, 1.807) is 0 Å². The molecule has 17 heavy (non-hydrogen) atoms. The van der Waals surface area contributed by atoms with Crippen molar-refractivity contribution in [3.63, 3.8) is 0 Å². The van der Waals surface area contributed by atoms with Crippen LogP contribution in [0.3, 0.4) is 0 Å². The molecule has 1 rings (SSSR count). The van der Waals surface area contributed by atoms with Crippen LogP contribution in [-0.2, 0) is 0 Å². The minimum absolute atomic E-state index is 0.142. The molecule has 0 aliphatic heterocycles. The van der Waals surface area contributed by atoms with E-state index >= 15 is 0 Å². The average molecular weight is 235 g/mol. The highest BCUT2D eigenvalue weighted by atomic mass is 16.4. The lowest BCUT2D eigenvalue weighted by molar-refractivity contribution is 0.318. The molecule has 0 saturated carbocycles. The predicted molar refractivity (Wildman–Crippen MR) is 71.7 cm³/mol. The zero-order valence-electron chi connectivity index (χ0n) is 10.7. The van der Waals surface area contributed by atoms with E-state index in [1.807, 2.05) is 24.3 Å². The molecule has 4 nitrogen and oxygen atoms in total. The minimum Gasteiger partial charge on any atom is -0.409 e. The predicted octanol–water partition coefficient (Wildman–Crippen LogP) is 2.26. The van der Waals surface area contributed by atoms with E-state index in [9.17, 15) is 0 Å². The van der Waals surface area contributed by atoms with E-state index < -0.39 is 0 Å². The van der Waals surface area contributed by atoms with Gasteiger partial charge in [0.25, 0.3) is 0 Å². The number of hydrogen-bond acceptors (Lipinski definition) is 3. The molecule has 0 saturated heterocycles. The third-order valence-corrected chi connectivity index (χ3v) is 2.97. The monoisotopic (exact) mass is 235 g/mol. The summed E-state index contributed by atoms with van der Waals surface area (Å²) >= 11 is 0. The first kappa shape index (κ1) is 13.4. The fourth-order valence-electron chi connectivity index (χ4n) is 1.66. The Morgan fingerprint density at radius 2 is 2.24 bits per heavy atom. The third-order valence-electron chi connectivity index (χ3n) is 2.97. The molecule has 1 atom stereocenters. The lowest BCUT2D eigenvalue weighted by Crippen LogP contribution is -2.24. The summed E-state index contributed by atoms with van der Waals surface area (Å²) in [7, 11) is 2.05. The molecule has 1 aromatic carbocycles. The molecule has 0 bridgehead atoms. The first-order valence-corrected chi connectivity index (χ1v) is 5.87. The van der Waals surface area contributed by atoms with Gasteiger partial charge in [-0.3, -0.25) is 0 Å². The van der Waals surface area contributed by atoms with Crippen LogP contribution in [0.15, 0.2) is 29.4 Å². The maximum absolute atomic E-state index is 8.65. The van der Waals surface area contributed by atoms with Crippen LogP contribution >= 0.6 is 0 Å². The molecule has 0 fully saturated rings. The van der Waals surface area contributed by atoms with Gasteiger partial charge in [0.05, 0.1) is 0 Å². The Morgan fingerprint density at radius 3 is 2.82 bits per heavy atom. The summed E-state index contributed by atoms with van der Waals surface area (Å²) in [4.78, 5) is 2.18. The van der Waals surface area contributed by atoms with Crippen LogP contribution in [0.25, 0.3) is 0 Å². The molecule has 0 aromatic heterocycles. The summed E-state index contributed by atoms with van der Waals surface area (Å²) < 4.78 is 0. The van der Waals surface area contributed by atoms with E-state index in [1.165, 1.54) is 0 Å². The fourth-order valence-corrected chi connectivity index (χ4v) is 1.66. The van der Waals surface area contributed by atoms with Crippen LogP contribution in [0.4, 0.5) is 5.69 Å². The summed E-state index contributed by atoms with van der Waals surface area (Å²) in [5.74, 6) is 0.788. The highest BCUT2D eigenvalue weighted by molar-refractivity contribution is 5.97. The van der Waals surface area contributed by atoms with E-state index in [4.69, 9.17) is 10.9 Å². The summed E-state index contributed by atoms with van der Waals surface area (Å²) in [5.41, 5.74) is 7.39. The van der Waals surface area contributed by atoms with Gasteiger partial charge in [-0.25, -0.2) is 0 Å². The Kier molecular flexibility index (Phi) is 4.82. The number of rotatable bonds is 5. The molecular weight excluding hydrogens is 214 g/mol. The molecule has 4 heteroatoms. The second-order valence-corrected chi connectivity index (χ2v) is 4.43. The summed E-state index contributed by atoms with van der Waals surface area (Å²) in [6.45, 7) is 5.41. The quantitative estimate of drug-likeness (QED) is 0.356. The SMILES string of the molecule is CCC(C)CN(C)c1cccc(/C(N)=N/O)c1. The molecule has 0 radical (unpaired) electrons. The molecule has 0 spiro atoms. The van der Waals surface area contributed by atoms with Gasteiger partial charge < -0.3 is 15.8 Å². The van der Waals surface area contributed by atoms with Crippen molar-refractivity contribution in [1.29, 1.82) is 0 Å². The highest BCUT2D eigenvalue weighted by Crippen LogP contribution is 2.16. The van der Waals surface area contributed by atoms with Crippen LogP contribution in [-0.4, -0.2) is 24.6 Å². The van der Waals surface area contributed by atoms with Gasteiger partial charge in [-0.2, -0.15) is 0 Å². The van der Waals surface area contributed by atoms with Gasteiger partial charge in [-0.05, 0) is 18.1 Å². The van der Waals surface area contributed by atoms with Crippen molar-refractivity contribution >= 4 is 11.5 Å². The van der Waals surface area contributed by atoms with E-state index in [-0.39, 0.29) is 5.84 Å². The van der Waals surface area contributed by atoms with Gasteiger partial charge in [0, 0.05) is 24.8 Å². The van der Waals surface area contributed by atoms with Crippen molar-refractivity contribution in [2.45, 2.75) is 20.3 Å². The number of nitrogens with zero attached hydrogens (tertiary/aromatic N) is 2. The van der Waals surface area contributed by atoms with Gasteiger partial charge in [0.1, 0.15) is 0 Å². The zero-order chi connectivity index (χ0) is 12.8. The molecular formula is C13H21N3O. The van der Waals surface area contributed by atoms with E-state index in [0.29, 0.717) is 5.92 Å². The van der Waals surface area contributed by atoms with Gasteiger partial charge in [0.15, 0.2) is 5.84 Å². The first-order chi connectivity index (χ1) is 8.08. The van der Waals surface area contributed by atoms with Gasteiger partial charge in [-0.15, -0.1) is 0 Å². The van der Waals surface area contributed by atoms with E-state index in [0.717, 1.165) is 24.2 Å². The summed E-state index contributed by atoms with van der Waals surface area (Å²) in [5, 5.41) is 11.7. The van der Waals surface area contributed by atoms with Crippen LogP contribution in [0.5, 0.6) is 0 Å². The van der Waals surface area contributed by atoms with Gasteiger partial charge in [-0.1, -0.05) is 37.6 Å². The average Bonchev–Trinajstić information content (AvgIpc) is 2.37. The Hall–Kier alpha value is -1.71. The molecule has 0 aliphatic carbocycles. The lowest BCUT2D eigenvalue weighted by Gasteiger charge is -2.23. The molecule has 0 aliphatic rings. The summed E-state index contributed by atoms with van der Waals surface area (Å²) in [6, 6.07) is 7.69. The second kappa shape index (κ2) is 6.13. The standard InChI is InChI=1S/C13H21N3O/c1-4-10(2)9-16(3)12-7-5-6-11(8-12)13(14)15-17/h5-8,10,17H,4,9H2,1-3H3,(H2,14,15). The molecule has 3 N–H and O–H groups in total. The maximum atomic E-state index is 8.65. The van der Waals surface area contributed by atoms with E-state index in [2.05, 4.69) is 31.0 Å². The lowest BCUT2D eigenvalue weighted by atomic mass is 10.1. The number of hydrogen-bond donors (Lipinski definition) is 2. The maximum Gasteiger partial charge on any atom is 0.170 e. The van der Waals surface area contributed by atoms with Gasteiger partial charge in [0.2, 0.25) is 0 Å². The van der Waals surface area contributed by atoms with Crippen LogP contribution in [0.1, 0.15) is 25.8 Å². The highest BCUT2D eigenvalue weighted by Gasteiger charge is 2.07. The van der Waals surface area contributed by atoms with Crippen molar-refractivity contribution < 1.29 is 5.21 Å². The van der Waals surface area contributed by atoms with Crippen molar-refractivity contribution in [3.8, 4) is 0 Å². The molecule has 1 unspecified atom stereocenters. The van der Waals surface area contributed by atoms with Crippen molar-refractivity contribution in [3.05, 3.63) is 29.8 Å². The normalized spacial score (nSPS) is 13.5. The van der Waals surface area contributed by atoms with Crippen LogP contribution < -0.4 is 10.6 Å². The zero-order valence-corrected chi connectivity index (χ0v) is 10.7. The number of anilines is 1. The van der Waals surface area contributed by atoms with Crippen LogP contribution in [0.2, 0.25) is 0 Å². The molecule has 94 valence electrons. The largest absolute Gasteiger partial charge is 0.409 e. The second-order valence-electron chi connectivity index (χ2n) is 4.43. The molecule has 0 heterocycles. The van der Waals surface area contributed by atoms with Gasteiger partial charge >= 0.3 is 0 Å². The fraction of sp³-hybridized carbons (Fsp3) is 0.462. The number of benzene rings is 1. The third kappa shape index (κ3) is 3.66.